The van der Waals surface area contributed by atoms with E-state index in [1.165, 1.54) is 25.5 Å². The van der Waals surface area contributed by atoms with Crippen molar-refractivity contribution in [2.75, 3.05) is 0 Å². The maximum Gasteiger partial charge on any atom is 0.228 e. The smallest absolute Gasteiger partial charge is 0.228 e. The molecule has 0 radical (unpaired) electrons. The maximum atomic E-state index is 14.1. The van der Waals surface area contributed by atoms with Crippen LogP contribution < -0.4 is 0 Å². The first-order valence-corrected chi connectivity index (χ1v) is 10.4. The monoisotopic (exact) mass is 364 g/mol. The number of imidazole rings is 1. The van der Waals surface area contributed by atoms with Crippen molar-refractivity contribution < 1.29 is 12.8 Å². The van der Waals surface area contributed by atoms with Gasteiger partial charge in [0.15, 0.2) is 0 Å². The predicted octanol–water partition coefficient (Wildman–Crippen LogP) is 4.68. The molecule has 0 amide bonds. The number of hydrogen-bond donors (Lipinski definition) is 0. The van der Waals surface area contributed by atoms with Gasteiger partial charge >= 0.3 is 0 Å². The van der Waals surface area contributed by atoms with Gasteiger partial charge in [0.2, 0.25) is 15.0 Å². The van der Waals surface area contributed by atoms with Gasteiger partial charge in [-0.1, -0.05) is 37.5 Å². The highest BCUT2D eigenvalue weighted by Gasteiger charge is 2.34. The molecule has 2 aromatic rings. The van der Waals surface area contributed by atoms with Crippen LogP contribution in [0.1, 0.15) is 67.3 Å². The number of halogens is 1. The Morgan fingerprint density at radius 3 is 2.44 bits per heavy atom. The molecule has 0 aliphatic heterocycles. The zero-order valence-corrected chi connectivity index (χ0v) is 15.8. The molecule has 1 aliphatic rings. The van der Waals surface area contributed by atoms with Gasteiger partial charge in [-0.3, -0.25) is 0 Å². The van der Waals surface area contributed by atoms with Gasteiger partial charge in [-0.05, 0) is 39.7 Å². The minimum atomic E-state index is -3.78. The van der Waals surface area contributed by atoms with Gasteiger partial charge in [-0.25, -0.2) is 17.8 Å². The largest absolute Gasteiger partial charge is 0.316 e. The number of rotatable bonds is 4. The van der Waals surface area contributed by atoms with E-state index in [0.29, 0.717) is 0 Å². The summed E-state index contributed by atoms with van der Waals surface area (Å²) < 4.78 is 42.6. The highest BCUT2D eigenvalue weighted by atomic mass is 32.2. The minimum absolute atomic E-state index is 0.0881. The van der Waals surface area contributed by atoms with Crippen LogP contribution >= 0.6 is 0 Å². The van der Waals surface area contributed by atoms with Crippen molar-refractivity contribution in [2.24, 2.45) is 0 Å². The van der Waals surface area contributed by atoms with E-state index >= 15 is 0 Å². The molecular weight excluding hydrogens is 339 g/mol. The van der Waals surface area contributed by atoms with Crippen LogP contribution in [-0.2, 0) is 9.84 Å². The van der Waals surface area contributed by atoms with E-state index < -0.39 is 20.9 Å². The van der Waals surface area contributed by atoms with E-state index in [1.807, 2.05) is 18.4 Å². The first-order valence-electron chi connectivity index (χ1n) is 8.87. The number of benzene rings is 1. The number of nitrogens with zero attached hydrogens (tertiary/aromatic N) is 2. The zero-order chi connectivity index (χ0) is 18.2. The Morgan fingerprint density at radius 2 is 1.80 bits per heavy atom. The van der Waals surface area contributed by atoms with Gasteiger partial charge in [-0.15, -0.1) is 0 Å². The molecule has 136 valence electrons. The Hall–Kier alpha value is -1.69. The Balaban J connectivity index is 2.08. The second-order valence-electron chi connectivity index (χ2n) is 6.94. The van der Waals surface area contributed by atoms with Gasteiger partial charge in [0.1, 0.15) is 5.82 Å². The van der Waals surface area contributed by atoms with Crippen LogP contribution in [0, 0.1) is 19.7 Å². The Labute approximate surface area is 149 Å². The molecule has 1 aliphatic carbocycles. The summed E-state index contributed by atoms with van der Waals surface area (Å²) in [5.74, 6) is -0.497. The lowest BCUT2D eigenvalue weighted by molar-refractivity contribution is 0.329. The fourth-order valence-corrected chi connectivity index (χ4v) is 5.36. The molecular formula is C19H25FN2O2S. The van der Waals surface area contributed by atoms with Gasteiger partial charge in [0.05, 0.1) is 10.9 Å². The SMILES string of the molecule is Cc1nc(S(=O)(=O)[C@@H](C)c2ccccc2F)n(C2CCCCC2)c1C. The lowest BCUT2D eigenvalue weighted by Crippen LogP contribution is -2.22. The van der Waals surface area contributed by atoms with E-state index in [4.69, 9.17) is 0 Å². The molecule has 1 aromatic carbocycles. The Bertz CT molecular complexity index is 868. The summed E-state index contributed by atoms with van der Waals surface area (Å²) in [6, 6.07) is 6.22. The molecule has 25 heavy (non-hydrogen) atoms. The van der Waals surface area contributed by atoms with Crippen molar-refractivity contribution in [1.29, 1.82) is 0 Å². The van der Waals surface area contributed by atoms with E-state index in [2.05, 4.69) is 4.98 Å². The average Bonchev–Trinajstić information content (AvgIpc) is 2.91. The standard InChI is InChI=1S/C19H25FN2O2S/c1-13-14(2)22(16-9-5-4-6-10-16)19(21-13)25(23,24)15(3)17-11-7-8-12-18(17)20/h7-8,11-12,15-16H,4-6,9-10H2,1-3H3/t15-/m0/s1. The third-order valence-corrected chi connectivity index (χ3v) is 7.34. The summed E-state index contributed by atoms with van der Waals surface area (Å²) in [4.78, 5) is 4.39. The van der Waals surface area contributed by atoms with E-state index in [1.54, 1.807) is 12.1 Å². The molecule has 1 heterocycles. The maximum absolute atomic E-state index is 14.1. The fourth-order valence-electron chi connectivity index (χ4n) is 3.70. The number of aryl methyl sites for hydroxylation is 1. The molecule has 1 saturated carbocycles. The molecule has 1 atom stereocenters. The zero-order valence-electron chi connectivity index (χ0n) is 15.0. The molecule has 3 rings (SSSR count). The van der Waals surface area contributed by atoms with Gasteiger partial charge in [0, 0.05) is 17.3 Å². The molecule has 0 N–H and O–H groups in total. The van der Waals surface area contributed by atoms with Crippen molar-refractivity contribution in [2.45, 2.75) is 69.3 Å². The highest BCUT2D eigenvalue weighted by molar-refractivity contribution is 7.91. The molecule has 0 spiro atoms. The van der Waals surface area contributed by atoms with Crippen LogP contribution in [0.25, 0.3) is 0 Å². The molecule has 4 nitrogen and oxygen atoms in total. The van der Waals surface area contributed by atoms with E-state index in [0.717, 1.165) is 37.1 Å². The van der Waals surface area contributed by atoms with E-state index in [-0.39, 0.29) is 16.8 Å². The number of aromatic nitrogens is 2. The second kappa shape index (κ2) is 6.90. The van der Waals surface area contributed by atoms with Crippen LogP contribution in [0.2, 0.25) is 0 Å². The highest BCUT2D eigenvalue weighted by Crippen LogP contribution is 2.36. The molecule has 6 heteroatoms. The molecule has 0 saturated heterocycles. The van der Waals surface area contributed by atoms with Crippen LogP contribution in [0.3, 0.4) is 0 Å². The van der Waals surface area contributed by atoms with E-state index in [9.17, 15) is 12.8 Å². The van der Waals surface area contributed by atoms with Crippen molar-refractivity contribution in [3.8, 4) is 0 Å². The van der Waals surface area contributed by atoms with Crippen molar-refractivity contribution >= 4 is 9.84 Å². The molecule has 1 fully saturated rings. The van der Waals surface area contributed by atoms with Gasteiger partial charge < -0.3 is 4.57 Å². The lowest BCUT2D eigenvalue weighted by atomic mass is 9.95. The molecule has 1 aromatic heterocycles. The van der Waals surface area contributed by atoms with Gasteiger partial charge in [-0.2, -0.15) is 0 Å². The lowest BCUT2D eigenvalue weighted by Gasteiger charge is -2.26. The normalized spacial score (nSPS) is 17.6. The first-order chi connectivity index (χ1) is 11.8. The molecule has 0 bridgehead atoms. The Morgan fingerprint density at radius 1 is 1.16 bits per heavy atom. The molecule has 0 unspecified atom stereocenters. The first kappa shape index (κ1) is 18.1. The number of hydrogen-bond acceptors (Lipinski definition) is 3. The van der Waals surface area contributed by atoms with Crippen LogP contribution in [-0.4, -0.2) is 18.0 Å². The minimum Gasteiger partial charge on any atom is -0.316 e. The Kier molecular flexibility index (Phi) is 5.00. The third kappa shape index (κ3) is 3.24. The van der Waals surface area contributed by atoms with Crippen molar-refractivity contribution in [3.63, 3.8) is 0 Å². The predicted molar refractivity (Wildman–Crippen MR) is 95.8 cm³/mol. The van der Waals surface area contributed by atoms with Gasteiger partial charge in [0.25, 0.3) is 0 Å². The number of sulfone groups is 1. The summed E-state index contributed by atoms with van der Waals surface area (Å²) in [5.41, 5.74) is 1.81. The van der Waals surface area contributed by atoms with Crippen LogP contribution in [0.4, 0.5) is 4.39 Å². The van der Waals surface area contributed by atoms with Crippen LogP contribution in [0.15, 0.2) is 29.4 Å². The summed E-state index contributed by atoms with van der Waals surface area (Å²) in [7, 11) is -3.78. The summed E-state index contributed by atoms with van der Waals surface area (Å²) >= 11 is 0. The quantitative estimate of drug-likeness (QED) is 0.791. The second-order valence-corrected chi connectivity index (χ2v) is 9.10. The third-order valence-electron chi connectivity index (χ3n) is 5.36. The summed E-state index contributed by atoms with van der Waals surface area (Å²) in [5, 5.41) is -0.887. The van der Waals surface area contributed by atoms with Crippen molar-refractivity contribution in [1.82, 2.24) is 9.55 Å². The topological polar surface area (TPSA) is 52.0 Å². The van der Waals surface area contributed by atoms with Crippen LogP contribution in [0.5, 0.6) is 0 Å². The average molecular weight is 364 g/mol. The summed E-state index contributed by atoms with van der Waals surface area (Å²) in [6.07, 6.45) is 5.32. The fraction of sp³-hybridized carbons (Fsp3) is 0.526. The van der Waals surface area contributed by atoms with Crippen molar-refractivity contribution in [3.05, 3.63) is 47.0 Å². The summed E-state index contributed by atoms with van der Waals surface area (Å²) in [6.45, 7) is 5.30.